The van der Waals surface area contributed by atoms with Crippen molar-refractivity contribution in [2.75, 3.05) is 0 Å². The Kier molecular flexibility index (Phi) is 4.83. The molecule has 1 N–H and O–H groups in total. The van der Waals surface area contributed by atoms with Gasteiger partial charge in [0.2, 0.25) is 5.43 Å². The van der Waals surface area contributed by atoms with Crippen LogP contribution in [0.5, 0.6) is 11.5 Å². The van der Waals surface area contributed by atoms with Crippen LogP contribution in [0.15, 0.2) is 45.9 Å². The smallest absolute Gasteiger partial charge is 0.226 e. The molecule has 0 amide bonds. The molecule has 0 aliphatic rings. The van der Waals surface area contributed by atoms with Crippen LogP contribution >= 0.6 is 0 Å². The summed E-state index contributed by atoms with van der Waals surface area (Å²) >= 11 is 0. The van der Waals surface area contributed by atoms with Crippen LogP contribution in [0.4, 0.5) is 0 Å². The van der Waals surface area contributed by atoms with E-state index in [1.807, 2.05) is 13.0 Å². The van der Waals surface area contributed by atoms with Crippen molar-refractivity contribution < 1.29 is 19.1 Å². The van der Waals surface area contributed by atoms with Crippen molar-refractivity contribution >= 4 is 5.78 Å². The number of carbonyl (C=O) groups is 1. The number of benzene rings is 1. The Labute approximate surface area is 148 Å². The van der Waals surface area contributed by atoms with Crippen LogP contribution in [-0.2, 0) is 13.2 Å². The molecule has 0 saturated heterocycles. The van der Waals surface area contributed by atoms with Crippen molar-refractivity contribution in [1.29, 1.82) is 0 Å². The average molecular weight is 355 g/mol. The van der Waals surface area contributed by atoms with Gasteiger partial charge >= 0.3 is 0 Å². The Morgan fingerprint density at radius 3 is 2.88 bits per heavy atom. The molecule has 0 unspecified atom stereocenters. The van der Waals surface area contributed by atoms with Crippen molar-refractivity contribution in [2.45, 2.75) is 27.0 Å². The number of aryl methyl sites for hydroxylation is 1. The lowest BCUT2D eigenvalue weighted by atomic mass is 10.1. The van der Waals surface area contributed by atoms with Gasteiger partial charge in [0.25, 0.3) is 0 Å². The predicted octanol–water partition coefficient (Wildman–Crippen LogP) is 2.08. The fourth-order valence-electron chi connectivity index (χ4n) is 2.36. The molecule has 0 bridgehead atoms. The van der Waals surface area contributed by atoms with Gasteiger partial charge in [-0.2, -0.15) is 0 Å². The van der Waals surface area contributed by atoms with Crippen molar-refractivity contribution in [3.63, 3.8) is 0 Å². The first-order valence-electron chi connectivity index (χ1n) is 7.86. The quantitative estimate of drug-likeness (QED) is 0.674. The van der Waals surface area contributed by atoms with E-state index in [4.69, 9.17) is 9.15 Å². The van der Waals surface area contributed by atoms with E-state index in [9.17, 15) is 14.7 Å². The van der Waals surface area contributed by atoms with Crippen molar-refractivity contribution in [3.05, 3.63) is 69.5 Å². The van der Waals surface area contributed by atoms with Crippen LogP contribution in [0.3, 0.4) is 0 Å². The van der Waals surface area contributed by atoms with Gasteiger partial charge in [-0.3, -0.25) is 9.59 Å². The molecule has 134 valence electrons. The van der Waals surface area contributed by atoms with Gasteiger partial charge < -0.3 is 14.3 Å². The number of carbonyl (C=O) groups excluding carboxylic acids is 1. The topological polar surface area (TPSA) is 107 Å². The summed E-state index contributed by atoms with van der Waals surface area (Å²) in [6.07, 6.45) is 2.63. The highest BCUT2D eigenvalue weighted by atomic mass is 16.5. The number of Topliss-reactive ketones (excluding diaryl/α,β-unsaturated/α-hetero) is 1. The summed E-state index contributed by atoms with van der Waals surface area (Å²) in [5.41, 5.74) is 1.53. The van der Waals surface area contributed by atoms with E-state index in [1.165, 1.54) is 17.7 Å². The molecule has 0 atom stereocenters. The van der Waals surface area contributed by atoms with E-state index in [-0.39, 0.29) is 18.9 Å². The van der Waals surface area contributed by atoms with Gasteiger partial charge in [-0.1, -0.05) is 11.3 Å². The van der Waals surface area contributed by atoms with E-state index >= 15 is 0 Å². The molecule has 0 radical (unpaired) electrons. The van der Waals surface area contributed by atoms with Gasteiger partial charge in [0.1, 0.15) is 36.6 Å². The second-order valence-corrected chi connectivity index (χ2v) is 5.85. The first kappa shape index (κ1) is 17.4. The zero-order chi connectivity index (χ0) is 18.7. The molecule has 0 fully saturated rings. The average Bonchev–Trinajstić information content (AvgIpc) is 3.03. The Hall–Kier alpha value is -3.42. The number of ketones is 1. The Morgan fingerprint density at radius 1 is 1.35 bits per heavy atom. The Morgan fingerprint density at radius 2 is 2.15 bits per heavy atom. The molecule has 3 aromatic rings. The highest BCUT2D eigenvalue weighted by Gasteiger charge is 2.11. The van der Waals surface area contributed by atoms with E-state index in [1.54, 1.807) is 18.3 Å². The molecule has 26 heavy (non-hydrogen) atoms. The van der Waals surface area contributed by atoms with Gasteiger partial charge in [0.15, 0.2) is 11.5 Å². The maximum atomic E-state index is 11.7. The van der Waals surface area contributed by atoms with Gasteiger partial charge in [-0.25, -0.2) is 4.68 Å². The summed E-state index contributed by atoms with van der Waals surface area (Å²) < 4.78 is 12.3. The molecular weight excluding hydrogens is 338 g/mol. The maximum Gasteiger partial charge on any atom is 0.226 e. The predicted molar refractivity (Wildman–Crippen MR) is 91.3 cm³/mol. The van der Waals surface area contributed by atoms with Crippen LogP contribution in [0, 0.1) is 6.92 Å². The third-order valence-electron chi connectivity index (χ3n) is 3.66. The number of aromatic nitrogens is 3. The third kappa shape index (κ3) is 3.97. The molecule has 8 nitrogen and oxygen atoms in total. The highest BCUT2D eigenvalue weighted by Crippen LogP contribution is 2.21. The van der Waals surface area contributed by atoms with E-state index in [0.29, 0.717) is 22.8 Å². The fraction of sp³-hybridized carbons (Fsp3) is 0.222. The van der Waals surface area contributed by atoms with Crippen LogP contribution in [0.25, 0.3) is 0 Å². The maximum absolute atomic E-state index is 11.7. The van der Waals surface area contributed by atoms with Crippen LogP contribution in [0.1, 0.15) is 34.3 Å². The minimum Gasteiger partial charge on any atom is -0.502 e. The summed E-state index contributed by atoms with van der Waals surface area (Å²) in [6, 6.07) is 6.58. The number of aromatic hydroxyl groups is 1. The SMILES string of the molecule is CC(=O)c1ccc(C)cc1OCc1cn(Cc2cc(=O)c(O)co2)nn1. The Balaban J connectivity index is 1.69. The number of hydrogen-bond donors (Lipinski definition) is 1. The molecule has 3 rings (SSSR count). The molecule has 2 heterocycles. The molecule has 2 aromatic heterocycles. The molecule has 1 aromatic carbocycles. The second kappa shape index (κ2) is 7.22. The van der Waals surface area contributed by atoms with Gasteiger partial charge in [0.05, 0.1) is 11.8 Å². The lowest BCUT2D eigenvalue weighted by Crippen LogP contribution is -2.05. The Bertz CT molecular complexity index is 1010. The van der Waals surface area contributed by atoms with Crippen LogP contribution in [-0.4, -0.2) is 25.9 Å². The van der Waals surface area contributed by atoms with Gasteiger partial charge in [-0.05, 0) is 31.5 Å². The van der Waals surface area contributed by atoms with E-state index in [0.717, 1.165) is 11.8 Å². The number of nitrogens with zero attached hydrogens (tertiary/aromatic N) is 3. The minimum absolute atomic E-state index is 0.0778. The normalized spacial score (nSPS) is 10.7. The fourth-order valence-corrected chi connectivity index (χ4v) is 2.36. The molecule has 0 saturated carbocycles. The summed E-state index contributed by atoms with van der Waals surface area (Å²) in [5, 5.41) is 17.1. The minimum atomic E-state index is -0.522. The first-order valence-corrected chi connectivity index (χ1v) is 7.86. The molecule has 8 heteroatoms. The van der Waals surface area contributed by atoms with Crippen molar-refractivity contribution in [1.82, 2.24) is 15.0 Å². The summed E-state index contributed by atoms with van der Waals surface area (Å²) in [4.78, 5) is 23.1. The highest BCUT2D eigenvalue weighted by molar-refractivity contribution is 5.96. The van der Waals surface area contributed by atoms with Crippen molar-refractivity contribution in [3.8, 4) is 11.5 Å². The van der Waals surface area contributed by atoms with E-state index in [2.05, 4.69) is 10.3 Å². The number of rotatable bonds is 6. The summed E-state index contributed by atoms with van der Waals surface area (Å²) in [5.74, 6) is 0.311. The van der Waals surface area contributed by atoms with Gasteiger partial charge in [0, 0.05) is 6.07 Å². The second-order valence-electron chi connectivity index (χ2n) is 5.85. The van der Waals surface area contributed by atoms with Crippen LogP contribution < -0.4 is 10.2 Å². The number of ether oxygens (including phenoxy) is 1. The third-order valence-corrected chi connectivity index (χ3v) is 3.66. The lowest BCUT2D eigenvalue weighted by Gasteiger charge is -2.09. The zero-order valence-electron chi connectivity index (χ0n) is 14.3. The zero-order valence-corrected chi connectivity index (χ0v) is 14.3. The summed E-state index contributed by atoms with van der Waals surface area (Å²) in [6.45, 7) is 3.73. The molecule has 0 aliphatic carbocycles. The molecule has 0 spiro atoms. The first-order chi connectivity index (χ1) is 12.4. The largest absolute Gasteiger partial charge is 0.502 e. The lowest BCUT2D eigenvalue weighted by molar-refractivity contribution is 0.101. The molecular formula is C18H17N3O5. The van der Waals surface area contributed by atoms with Crippen molar-refractivity contribution in [2.24, 2.45) is 0 Å². The van der Waals surface area contributed by atoms with Crippen LogP contribution in [0.2, 0.25) is 0 Å². The molecule has 0 aliphatic heterocycles. The summed E-state index contributed by atoms with van der Waals surface area (Å²) in [7, 11) is 0. The monoisotopic (exact) mass is 355 g/mol. The number of hydrogen-bond acceptors (Lipinski definition) is 7. The van der Waals surface area contributed by atoms with Gasteiger partial charge in [-0.15, -0.1) is 5.10 Å². The van der Waals surface area contributed by atoms with E-state index < -0.39 is 11.2 Å². The standard InChI is InChI=1S/C18H17N3O5/c1-11-3-4-15(12(2)22)18(5-11)26-9-13-7-21(20-19-13)8-14-6-16(23)17(24)10-25-14/h3-7,10,24H,8-9H2,1-2H3.